The predicted octanol–water partition coefficient (Wildman–Crippen LogP) is 4.19. The zero-order valence-electron chi connectivity index (χ0n) is 18.4. The fraction of sp³-hybridized carbons (Fsp3) is 0.500. The van der Waals surface area contributed by atoms with E-state index in [1.807, 2.05) is 13.8 Å². The number of aryl methyl sites for hydroxylation is 2. The minimum Gasteiger partial charge on any atom is -0.442 e. The molecule has 168 valence electrons. The van der Waals surface area contributed by atoms with Gasteiger partial charge < -0.3 is 20.4 Å². The molecule has 3 N–H and O–H groups in total. The Labute approximate surface area is 179 Å². The number of anilines is 1. The van der Waals surface area contributed by atoms with E-state index in [9.17, 15) is 14.0 Å². The van der Waals surface area contributed by atoms with E-state index < -0.39 is 35.5 Å². The maximum Gasteiger partial charge on any atom is 0.433 e. The average Bonchev–Trinajstić information content (AvgIpc) is 2.94. The number of hydrogen-bond acceptors (Lipinski definition) is 4. The van der Waals surface area contributed by atoms with Crippen molar-refractivity contribution in [2.75, 3.05) is 18.0 Å². The molecule has 0 bridgehead atoms. The van der Waals surface area contributed by atoms with Gasteiger partial charge in [-0.15, -0.1) is 0 Å². The number of amides is 2. The number of nitrogens with two attached hydrogens (primary N) is 1. The Hall–Kier alpha value is -2.97. The Balaban J connectivity index is 1.96. The maximum absolute atomic E-state index is 15.2. The van der Waals surface area contributed by atoms with Crippen molar-refractivity contribution >= 4 is 34.8 Å². The van der Waals surface area contributed by atoms with E-state index >= 15 is 4.39 Å². The molecule has 2 amide bonds. The number of nitrogens with zero attached hydrogens (tertiary/aromatic N) is 2. The molecule has 1 aromatic carbocycles. The van der Waals surface area contributed by atoms with Gasteiger partial charge in [0.15, 0.2) is 0 Å². The molecule has 1 unspecified atom stereocenters. The summed E-state index contributed by atoms with van der Waals surface area (Å²) < 4.78 is 34.9. The summed E-state index contributed by atoms with van der Waals surface area (Å²) in [5, 5.41) is 0.548. The third-order valence-electron chi connectivity index (χ3n) is 5.42. The van der Waals surface area contributed by atoms with E-state index in [0.717, 1.165) is 17.3 Å². The van der Waals surface area contributed by atoms with E-state index in [1.54, 1.807) is 25.7 Å². The smallest absolute Gasteiger partial charge is 0.433 e. The minimum atomic E-state index is -1.22. The van der Waals surface area contributed by atoms with Crippen LogP contribution in [0.25, 0.3) is 10.9 Å². The third kappa shape index (κ3) is 4.70. The number of benzene rings is 1. The molecule has 31 heavy (non-hydrogen) atoms. The van der Waals surface area contributed by atoms with Crippen molar-refractivity contribution < 1.29 is 23.1 Å². The number of aromatic amines is 1. The van der Waals surface area contributed by atoms with Gasteiger partial charge in [0, 0.05) is 36.3 Å². The lowest BCUT2D eigenvalue weighted by Gasteiger charge is -2.35. The Bertz CT molecular complexity index is 1060. The Morgan fingerprint density at radius 1 is 1.35 bits per heavy atom. The molecule has 1 aliphatic rings. The van der Waals surface area contributed by atoms with Crippen LogP contribution in [0.15, 0.2) is 11.1 Å². The first kappa shape index (κ1) is 22.7. The number of carbonyl (C=O) groups is 2. The van der Waals surface area contributed by atoms with Gasteiger partial charge in [-0.05, 0) is 52.7 Å². The second-order valence-corrected chi connectivity index (χ2v) is 8.92. The summed E-state index contributed by atoms with van der Waals surface area (Å²) in [6.45, 7) is 9.20. The number of piperidine rings is 1. The van der Waals surface area contributed by atoms with Crippen molar-refractivity contribution in [3.63, 3.8) is 0 Å². The number of hydrogen-bond donors (Lipinski definition) is 2. The highest BCUT2D eigenvalue weighted by molar-refractivity contribution is 6.10. The molecular formula is C22H28F2N4O3. The number of nitrogens with one attached hydrogen (secondary N) is 1. The van der Waals surface area contributed by atoms with Crippen molar-refractivity contribution in [3.05, 3.63) is 28.7 Å². The summed E-state index contributed by atoms with van der Waals surface area (Å²) in [5.74, 6) is -2.06. The van der Waals surface area contributed by atoms with Crippen LogP contribution in [0.2, 0.25) is 0 Å². The molecule has 1 aromatic heterocycles. The highest BCUT2D eigenvalue weighted by atomic mass is 19.1. The quantitative estimate of drug-likeness (QED) is 0.707. The molecule has 0 spiro atoms. The average molecular weight is 434 g/mol. The van der Waals surface area contributed by atoms with Gasteiger partial charge in [-0.25, -0.2) is 13.6 Å². The topological polar surface area (TPSA) is 101 Å². The minimum absolute atomic E-state index is 0.0656. The summed E-state index contributed by atoms with van der Waals surface area (Å²) in [6, 6.07) is 1.11. The number of primary amides is 1. The van der Waals surface area contributed by atoms with Crippen LogP contribution in [-0.4, -0.2) is 48.1 Å². The number of fused-ring (bicyclic) bond motifs is 1. The lowest BCUT2D eigenvalue weighted by Crippen LogP contribution is -2.43. The van der Waals surface area contributed by atoms with Gasteiger partial charge in [0.25, 0.3) is 5.91 Å². The molecule has 2 heterocycles. The summed E-state index contributed by atoms with van der Waals surface area (Å²) in [4.78, 5) is 32.3. The van der Waals surface area contributed by atoms with Crippen LogP contribution in [0, 0.1) is 25.6 Å². The van der Waals surface area contributed by atoms with Crippen molar-refractivity contribution in [2.45, 2.75) is 52.8 Å². The normalized spacial score (nSPS) is 19.9. The largest absolute Gasteiger partial charge is 0.442 e. The van der Waals surface area contributed by atoms with Gasteiger partial charge in [0.1, 0.15) is 17.6 Å². The van der Waals surface area contributed by atoms with Crippen molar-refractivity contribution in [1.82, 2.24) is 4.98 Å². The first-order valence-electron chi connectivity index (χ1n) is 10.2. The first-order chi connectivity index (χ1) is 14.4. The molecule has 1 saturated heterocycles. The maximum atomic E-state index is 15.2. The summed E-state index contributed by atoms with van der Waals surface area (Å²) in [6.07, 6.45) is -0.632. The standard InChI is InChI=1S/C22H28F2N4O3/c1-11-12(2)27-18-14(20(25)29)8-16(24)19(17(11)18)28-7-6-15(23)13(10-28)9-26-21(30)31-22(3,4)5/h8-9,13,15,27H,6-7,10H2,1-5H3,(H2,25,29)/t13?,15-/m1/s1. The molecule has 2 aromatic rings. The second kappa shape index (κ2) is 8.28. The molecular weight excluding hydrogens is 406 g/mol. The predicted molar refractivity (Wildman–Crippen MR) is 116 cm³/mol. The van der Waals surface area contributed by atoms with Crippen LogP contribution in [0.3, 0.4) is 0 Å². The van der Waals surface area contributed by atoms with E-state index in [4.69, 9.17) is 10.5 Å². The van der Waals surface area contributed by atoms with E-state index in [1.165, 1.54) is 6.21 Å². The van der Waals surface area contributed by atoms with Crippen LogP contribution in [0.4, 0.5) is 19.3 Å². The summed E-state index contributed by atoms with van der Waals surface area (Å²) in [5.41, 5.74) is 7.11. The zero-order valence-corrected chi connectivity index (χ0v) is 18.4. The monoisotopic (exact) mass is 434 g/mol. The Kier molecular flexibility index (Phi) is 6.07. The van der Waals surface area contributed by atoms with Crippen LogP contribution >= 0.6 is 0 Å². The highest BCUT2D eigenvalue weighted by Crippen LogP contribution is 2.38. The molecule has 1 fully saturated rings. The number of rotatable bonds is 3. The molecule has 9 heteroatoms. The number of carbonyl (C=O) groups excluding carboxylic acids is 2. The lowest BCUT2D eigenvalue weighted by atomic mass is 9.95. The van der Waals surface area contributed by atoms with Crippen molar-refractivity contribution in [2.24, 2.45) is 16.6 Å². The molecule has 1 aliphatic heterocycles. The molecule has 0 saturated carbocycles. The Morgan fingerprint density at radius 3 is 2.65 bits per heavy atom. The number of aromatic nitrogens is 1. The van der Waals surface area contributed by atoms with Gasteiger partial charge >= 0.3 is 6.09 Å². The zero-order chi connectivity index (χ0) is 23.1. The SMILES string of the molecule is Cc1[nH]c2c(C(N)=O)cc(F)c(N3CC[C@@H](F)C(C=NC(=O)OC(C)(C)C)C3)c2c1C. The van der Waals surface area contributed by atoms with E-state index in [0.29, 0.717) is 10.9 Å². The summed E-state index contributed by atoms with van der Waals surface area (Å²) >= 11 is 0. The van der Waals surface area contributed by atoms with Crippen molar-refractivity contribution in [1.29, 1.82) is 0 Å². The molecule has 0 aliphatic carbocycles. The third-order valence-corrected chi connectivity index (χ3v) is 5.42. The number of H-pyrrole nitrogens is 1. The van der Waals surface area contributed by atoms with Crippen molar-refractivity contribution in [3.8, 4) is 0 Å². The van der Waals surface area contributed by atoms with Gasteiger partial charge in [0.2, 0.25) is 0 Å². The van der Waals surface area contributed by atoms with Crippen LogP contribution in [0.5, 0.6) is 0 Å². The number of alkyl halides is 1. The van der Waals surface area contributed by atoms with Crippen LogP contribution in [-0.2, 0) is 4.74 Å². The molecule has 2 atom stereocenters. The molecule has 0 radical (unpaired) electrons. The van der Waals surface area contributed by atoms with Gasteiger partial charge in [0.05, 0.1) is 16.8 Å². The lowest BCUT2D eigenvalue weighted by molar-refractivity contribution is 0.0603. The number of aliphatic imine (C=N–C) groups is 1. The number of halogens is 2. The molecule has 7 nitrogen and oxygen atoms in total. The van der Waals surface area contributed by atoms with Gasteiger partial charge in [-0.1, -0.05) is 0 Å². The van der Waals surface area contributed by atoms with E-state index in [-0.39, 0.29) is 30.8 Å². The molecule has 3 rings (SSSR count). The first-order valence-corrected chi connectivity index (χ1v) is 10.2. The van der Waals surface area contributed by atoms with Gasteiger partial charge in [-0.2, -0.15) is 4.99 Å². The fourth-order valence-corrected chi connectivity index (χ4v) is 3.85. The fourth-order valence-electron chi connectivity index (χ4n) is 3.85. The Morgan fingerprint density at radius 2 is 2.03 bits per heavy atom. The van der Waals surface area contributed by atoms with Crippen LogP contribution < -0.4 is 10.6 Å². The highest BCUT2D eigenvalue weighted by Gasteiger charge is 2.32. The second-order valence-electron chi connectivity index (χ2n) is 8.92. The number of ether oxygens (including phenoxy) is 1. The van der Waals surface area contributed by atoms with E-state index in [2.05, 4.69) is 9.98 Å². The summed E-state index contributed by atoms with van der Waals surface area (Å²) in [7, 11) is 0. The van der Waals surface area contributed by atoms with Gasteiger partial charge in [-0.3, -0.25) is 4.79 Å². The van der Waals surface area contributed by atoms with Crippen LogP contribution in [0.1, 0.15) is 48.8 Å².